The summed E-state index contributed by atoms with van der Waals surface area (Å²) in [7, 11) is 0. The first kappa shape index (κ1) is 9.88. The molecular weight excluding hydrogens is 222 g/mol. The molecule has 0 aromatic carbocycles. The molecule has 1 fully saturated rings. The summed E-state index contributed by atoms with van der Waals surface area (Å²) in [4.78, 5) is 23.2. The molecule has 0 unspecified atom stereocenters. The van der Waals surface area contributed by atoms with Crippen molar-refractivity contribution in [3.63, 3.8) is 0 Å². The highest BCUT2D eigenvalue weighted by molar-refractivity contribution is 5.89. The Labute approximate surface area is 96.0 Å². The molecule has 2 N–H and O–H groups in total. The van der Waals surface area contributed by atoms with E-state index >= 15 is 0 Å². The molecule has 7 heteroatoms. The molecule has 0 spiro atoms. The van der Waals surface area contributed by atoms with E-state index in [-0.39, 0.29) is 11.5 Å². The maximum Gasteiger partial charge on any atom is 0.339 e. The quantitative estimate of drug-likeness (QED) is 0.810. The lowest BCUT2D eigenvalue weighted by Gasteiger charge is -2.04. The average Bonchev–Trinajstić information content (AvgIpc) is 3.03. The Bertz CT molecular complexity index is 562. The normalized spacial score (nSPS) is 14.8. The third kappa shape index (κ3) is 1.75. The molecule has 0 radical (unpaired) electrons. The largest absolute Gasteiger partial charge is 0.478 e. The molecule has 7 nitrogen and oxygen atoms in total. The molecule has 0 saturated heterocycles. The summed E-state index contributed by atoms with van der Waals surface area (Å²) in [5.41, 5.74) is 0.773. The number of carbonyl (C=O) groups is 1. The van der Waals surface area contributed by atoms with Crippen molar-refractivity contribution in [3.05, 3.63) is 23.8 Å². The highest BCUT2D eigenvalue weighted by Gasteiger charge is 2.30. The second kappa shape index (κ2) is 3.62. The van der Waals surface area contributed by atoms with E-state index in [4.69, 9.17) is 5.11 Å². The molecule has 2 aromatic heterocycles. The van der Waals surface area contributed by atoms with Crippen LogP contribution in [0.1, 0.15) is 34.8 Å². The zero-order valence-electron chi connectivity index (χ0n) is 8.79. The van der Waals surface area contributed by atoms with Crippen LogP contribution in [0.15, 0.2) is 12.5 Å². The molecule has 1 saturated carbocycles. The van der Waals surface area contributed by atoms with Crippen LogP contribution in [0.5, 0.6) is 0 Å². The predicted molar refractivity (Wildman–Crippen MR) is 56.3 cm³/mol. The Balaban J connectivity index is 2.09. The van der Waals surface area contributed by atoms with E-state index in [2.05, 4.69) is 25.1 Å². The van der Waals surface area contributed by atoms with Crippen LogP contribution in [0.4, 0.5) is 0 Å². The molecule has 2 heterocycles. The Morgan fingerprint density at radius 2 is 2.24 bits per heavy atom. The summed E-state index contributed by atoms with van der Waals surface area (Å²) < 4.78 is 0. The van der Waals surface area contributed by atoms with Gasteiger partial charge >= 0.3 is 5.97 Å². The Hall–Kier alpha value is -2.31. The van der Waals surface area contributed by atoms with Crippen molar-refractivity contribution < 1.29 is 9.90 Å². The fourth-order valence-corrected chi connectivity index (χ4v) is 1.66. The van der Waals surface area contributed by atoms with Gasteiger partial charge in [-0.1, -0.05) is 0 Å². The zero-order valence-corrected chi connectivity index (χ0v) is 8.79. The number of aromatic amines is 1. The number of nitrogens with zero attached hydrogens (tertiary/aromatic N) is 4. The summed E-state index contributed by atoms with van der Waals surface area (Å²) in [6.07, 6.45) is 4.65. The molecule has 0 aliphatic heterocycles. The number of nitrogens with one attached hydrogen (secondary N) is 1. The number of aromatic nitrogens is 5. The van der Waals surface area contributed by atoms with E-state index < -0.39 is 5.97 Å². The van der Waals surface area contributed by atoms with E-state index in [1.54, 1.807) is 0 Å². The summed E-state index contributed by atoms with van der Waals surface area (Å²) in [6.45, 7) is 0. The van der Waals surface area contributed by atoms with Crippen LogP contribution in [0.2, 0.25) is 0 Å². The van der Waals surface area contributed by atoms with Crippen molar-refractivity contribution in [2.75, 3.05) is 0 Å². The van der Waals surface area contributed by atoms with Crippen LogP contribution in [0, 0.1) is 0 Å². The molecular formula is C10H9N5O2. The van der Waals surface area contributed by atoms with Crippen molar-refractivity contribution in [1.82, 2.24) is 25.1 Å². The number of carboxylic acid groups (broad SMARTS) is 1. The molecule has 86 valence electrons. The van der Waals surface area contributed by atoms with Gasteiger partial charge in [0.15, 0.2) is 11.6 Å². The van der Waals surface area contributed by atoms with Crippen molar-refractivity contribution in [2.45, 2.75) is 18.8 Å². The molecule has 0 bridgehead atoms. The van der Waals surface area contributed by atoms with Crippen LogP contribution in [-0.2, 0) is 0 Å². The minimum absolute atomic E-state index is 0.177. The Morgan fingerprint density at radius 3 is 2.82 bits per heavy atom. The van der Waals surface area contributed by atoms with Crippen molar-refractivity contribution in [3.8, 4) is 11.6 Å². The van der Waals surface area contributed by atoms with Crippen LogP contribution >= 0.6 is 0 Å². The number of rotatable bonds is 3. The summed E-state index contributed by atoms with van der Waals surface area (Å²) in [5.74, 6) is 0.0834. The summed E-state index contributed by atoms with van der Waals surface area (Å²) in [6, 6.07) is 0. The maximum absolute atomic E-state index is 11.0. The molecule has 0 atom stereocenters. The first-order chi connectivity index (χ1) is 8.25. The molecule has 1 aliphatic carbocycles. The van der Waals surface area contributed by atoms with Crippen LogP contribution in [0.25, 0.3) is 11.6 Å². The average molecular weight is 231 g/mol. The predicted octanol–water partition coefficient (Wildman–Crippen LogP) is 0.837. The fraction of sp³-hybridized carbons (Fsp3) is 0.300. The van der Waals surface area contributed by atoms with Gasteiger partial charge in [0.2, 0.25) is 0 Å². The topological polar surface area (TPSA) is 105 Å². The Kier molecular flexibility index (Phi) is 2.10. The van der Waals surface area contributed by atoms with Crippen LogP contribution in [0.3, 0.4) is 0 Å². The minimum atomic E-state index is -0.990. The van der Waals surface area contributed by atoms with Gasteiger partial charge in [-0.05, 0) is 12.8 Å². The van der Waals surface area contributed by atoms with Crippen molar-refractivity contribution >= 4 is 5.97 Å². The summed E-state index contributed by atoms with van der Waals surface area (Å²) in [5, 5.41) is 15.4. The Morgan fingerprint density at radius 1 is 1.41 bits per heavy atom. The van der Waals surface area contributed by atoms with Gasteiger partial charge in [-0.25, -0.2) is 19.7 Å². The fourth-order valence-electron chi connectivity index (χ4n) is 1.66. The van der Waals surface area contributed by atoms with Gasteiger partial charge in [0.05, 0.1) is 11.3 Å². The highest BCUT2D eigenvalue weighted by Crippen LogP contribution is 2.40. The lowest BCUT2D eigenvalue weighted by Crippen LogP contribution is -2.07. The molecule has 0 amide bonds. The number of H-pyrrole nitrogens is 1. The first-order valence-electron chi connectivity index (χ1n) is 5.21. The van der Waals surface area contributed by atoms with Crippen LogP contribution < -0.4 is 0 Å². The standard InChI is InChI=1S/C10H9N5O2/c16-10(17)6-3-11-8(9-12-4-13-15-9)14-7(6)5-1-2-5/h3-5H,1-2H2,(H,16,17)(H,12,13,15). The third-order valence-electron chi connectivity index (χ3n) is 2.64. The van der Waals surface area contributed by atoms with Crippen LogP contribution in [-0.4, -0.2) is 36.2 Å². The first-order valence-corrected chi connectivity index (χ1v) is 5.21. The second-order valence-electron chi connectivity index (χ2n) is 3.91. The zero-order chi connectivity index (χ0) is 11.8. The molecule has 17 heavy (non-hydrogen) atoms. The maximum atomic E-state index is 11.0. The van der Waals surface area contributed by atoms with E-state index in [1.165, 1.54) is 12.5 Å². The van der Waals surface area contributed by atoms with E-state index in [0.29, 0.717) is 17.3 Å². The van der Waals surface area contributed by atoms with Crippen molar-refractivity contribution in [2.24, 2.45) is 0 Å². The minimum Gasteiger partial charge on any atom is -0.478 e. The highest BCUT2D eigenvalue weighted by atomic mass is 16.4. The second-order valence-corrected chi connectivity index (χ2v) is 3.91. The van der Waals surface area contributed by atoms with Gasteiger partial charge < -0.3 is 5.11 Å². The molecule has 3 rings (SSSR count). The van der Waals surface area contributed by atoms with Gasteiger partial charge in [-0.15, -0.1) is 0 Å². The smallest absolute Gasteiger partial charge is 0.339 e. The van der Waals surface area contributed by atoms with Gasteiger partial charge in [-0.3, -0.25) is 5.10 Å². The number of hydrogen-bond donors (Lipinski definition) is 2. The van der Waals surface area contributed by atoms with Gasteiger partial charge in [0.25, 0.3) is 0 Å². The van der Waals surface area contributed by atoms with Gasteiger partial charge in [0, 0.05) is 12.1 Å². The van der Waals surface area contributed by atoms with E-state index in [0.717, 1.165) is 12.8 Å². The lowest BCUT2D eigenvalue weighted by atomic mass is 10.1. The van der Waals surface area contributed by atoms with E-state index in [1.807, 2.05) is 0 Å². The van der Waals surface area contributed by atoms with Gasteiger partial charge in [-0.2, -0.15) is 5.10 Å². The third-order valence-corrected chi connectivity index (χ3v) is 2.64. The van der Waals surface area contributed by atoms with Crippen molar-refractivity contribution in [1.29, 1.82) is 0 Å². The lowest BCUT2D eigenvalue weighted by molar-refractivity contribution is 0.0694. The van der Waals surface area contributed by atoms with E-state index in [9.17, 15) is 4.79 Å². The molecule has 1 aliphatic rings. The number of hydrogen-bond acceptors (Lipinski definition) is 5. The SMILES string of the molecule is O=C(O)c1cnc(-c2ncn[nH]2)nc1C1CC1. The van der Waals surface area contributed by atoms with Gasteiger partial charge in [0.1, 0.15) is 6.33 Å². The molecule has 2 aromatic rings. The number of aromatic carboxylic acids is 1. The monoisotopic (exact) mass is 231 g/mol. The number of carboxylic acids is 1. The summed E-state index contributed by atoms with van der Waals surface area (Å²) >= 11 is 0.